The Labute approximate surface area is 133 Å². The zero-order valence-corrected chi connectivity index (χ0v) is 14.2. The Morgan fingerprint density at radius 1 is 1.14 bits per heavy atom. The Morgan fingerprint density at radius 3 is 2.36 bits per heavy atom. The van der Waals surface area contributed by atoms with Crippen molar-refractivity contribution in [3.8, 4) is 0 Å². The minimum absolute atomic E-state index is 0.00705. The number of rotatable bonds is 4. The first kappa shape index (κ1) is 17.0. The number of hydrogen-bond acceptors (Lipinski definition) is 3. The number of aryl methyl sites for hydroxylation is 1. The lowest BCUT2D eigenvalue weighted by Crippen LogP contribution is -2.37. The molecule has 122 valence electrons. The first-order chi connectivity index (χ1) is 10.4. The van der Waals surface area contributed by atoms with E-state index < -0.39 is 5.97 Å². The number of carbonyl (C=O) groups excluding carboxylic acids is 1. The van der Waals surface area contributed by atoms with Crippen LogP contribution in [0.3, 0.4) is 0 Å². The van der Waals surface area contributed by atoms with Crippen LogP contribution in [-0.2, 0) is 16.2 Å². The van der Waals surface area contributed by atoms with E-state index in [2.05, 4.69) is 27.7 Å². The molecule has 1 fully saturated rings. The van der Waals surface area contributed by atoms with Crippen LogP contribution < -0.4 is 0 Å². The molecular weight excluding hydrogens is 276 g/mol. The molecular formula is C19H28O3. The fraction of sp³-hybridized carbons (Fsp3) is 0.632. The number of benzene rings is 1. The lowest BCUT2D eigenvalue weighted by molar-refractivity contribution is -0.297. The van der Waals surface area contributed by atoms with Crippen molar-refractivity contribution in [1.29, 1.82) is 0 Å². The van der Waals surface area contributed by atoms with Crippen molar-refractivity contribution >= 4 is 5.97 Å². The summed E-state index contributed by atoms with van der Waals surface area (Å²) in [6.45, 7) is 8.77. The smallest absolute Gasteiger partial charge is 0.293 e. The van der Waals surface area contributed by atoms with E-state index in [4.69, 9.17) is 9.78 Å². The summed E-state index contributed by atoms with van der Waals surface area (Å²) in [4.78, 5) is 22.8. The maximum absolute atomic E-state index is 12.1. The normalized spacial score (nSPS) is 22.4. The summed E-state index contributed by atoms with van der Waals surface area (Å²) in [5.74, 6) is 0.0254. The third-order valence-corrected chi connectivity index (χ3v) is 4.66. The summed E-state index contributed by atoms with van der Waals surface area (Å²) in [6, 6.07) is 7.50. The van der Waals surface area contributed by atoms with Gasteiger partial charge in [0.2, 0.25) is 0 Å². The molecule has 3 heteroatoms. The van der Waals surface area contributed by atoms with Gasteiger partial charge >= 0.3 is 5.97 Å². The quantitative estimate of drug-likeness (QED) is 0.583. The molecule has 0 radical (unpaired) electrons. The maximum Gasteiger partial charge on any atom is 0.373 e. The fourth-order valence-electron chi connectivity index (χ4n) is 3.23. The molecule has 22 heavy (non-hydrogen) atoms. The van der Waals surface area contributed by atoms with Crippen LogP contribution in [0, 0.1) is 11.3 Å². The molecule has 0 amide bonds. The second-order valence-electron chi connectivity index (χ2n) is 7.31. The van der Waals surface area contributed by atoms with Gasteiger partial charge in [-0.25, -0.2) is 4.79 Å². The summed E-state index contributed by atoms with van der Waals surface area (Å²) < 4.78 is 0. The lowest BCUT2D eigenvalue weighted by Gasteiger charge is -2.38. The highest BCUT2D eigenvalue weighted by molar-refractivity contribution is 5.88. The lowest BCUT2D eigenvalue weighted by atomic mass is 9.71. The molecule has 2 atom stereocenters. The van der Waals surface area contributed by atoms with E-state index in [0.717, 1.165) is 25.7 Å². The van der Waals surface area contributed by atoms with E-state index in [1.165, 1.54) is 12.0 Å². The van der Waals surface area contributed by atoms with Gasteiger partial charge in [0.25, 0.3) is 0 Å². The molecule has 0 saturated heterocycles. The van der Waals surface area contributed by atoms with Gasteiger partial charge in [-0.2, -0.15) is 4.89 Å². The molecule has 0 spiro atoms. The molecule has 0 bridgehead atoms. The molecule has 3 nitrogen and oxygen atoms in total. The second-order valence-corrected chi connectivity index (χ2v) is 7.31. The third-order valence-electron chi connectivity index (χ3n) is 4.66. The van der Waals surface area contributed by atoms with E-state index >= 15 is 0 Å². The Kier molecular flexibility index (Phi) is 5.63. The van der Waals surface area contributed by atoms with Gasteiger partial charge in [-0.05, 0) is 48.3 Å². The Morgan fingerprint density at radius 2 is 1.77 bits per heavy atom. The van der Waals surface area contributed by atoms with Crippen LogP contribution in [0.1, 0.15) is 69.3 Å². The average Bonchev–Trinajstić information content (AvgIpc) is 2.52. The van der Waals surface area contributed by atoms with Gasteiger partial charge < -0.3 is 0 Å². The number of hydrogen-bond donors (Lipinski definition) is 0. The fourth-order valence-corrected chi connectivity index (χ4v) is 3.23. The van der Waals surface area contributed by atoms with Crippen molar-refractivity contribution in [2.24, 2.45) is 11.3 Å². The SMILES string of the molecule is CCc1ccc(C(=O)OOC2CCCCC2C(C)(C)C)cc1. The molecule has 2 unspecified atom stereocenters. The van der Waals surface area contributed by atoms with Crippen LogP contribution in [-0.4, -0.2) is 12.1 Å². The van der Waals surface area contributed by atoms with Gasteiger partial charge in [0.05, 0.1) is 5.56 Å². The molecule has 1 aliphatic carbocycles. The zero-order valence-electron chi connectivity index (χ0n) is 14.2. The highest BCUT2D eigenvalue weighted by atomic mass is 17.2. The molecule has 0 aliphatic heterocycles. The Bertz CT molecular complexity index is 484. The first-order valence-electron chi connectivity index (χ1n) is 8.38. The first-order valence-corrected chi connectivity index (χ1v) is 8.38. The summed E-state index contributed by atoms with van der Waals surface area (Å²) in [5.41, 5.74) is 1.91. The molecule has 0 heterocycles. The molecule has 1 saturated carbocycles. The third kappa shape index (κ3) is 4.33. The van der Waals surface area contributed by atoms with E-state index in [1.54, 1.807) is 12.1 Å². The number of carbonyl (C=O) groups is 1. The predicted molar refractivity (Wildman–Crippen MR) is 87.5 cm³/mol. The average molecular weight is 304 g/mol. The van der Waals surface area contributed by atoms with Crippen molar-refractivity contribution in [3.05, 3.63) is 35.4 Å². The minimum atomic E-state index is -0.402. The van der Waals surface area contributed by atoms with E-state index in [1.807, 2.05) is 12.1 Å². The van der Waals surface area contributed by atoms with Gasteiger partial charge in [-0.1, -0.05) is 52.7 Å². The van der Waals surface area contributed by atoms with E-state index in [9.17, 15) is 4.79 Å². The summed E-state index contributed by atoms with van der Waals surface area (Å²) in [7, 11) is 0. The van der Waals surface area contributed by atoms with Crippen molar-refractivity contribution in [2.45, 2.75) is 65.9 Å². The van der Waals surface area contributed by atoms with Gasteiger partial charge in [0.15, 0.2) is 0 Å². The maximum atomic E-state index is 12.1. The standard InChI is InChI=1S/C19H28O3/c1-5-14-10-12-15(13-11-14)18(20)22-21-17-9-7-6-8-16(17)19(2,3)4/h10-13,16-17H,5-9H2,1-4H3. The Hall–Kier alpha value is -1.35. The van der Waals surface area contributed by atoms with Crippen molar-refractivity contribution in [2.75, 3.05) is 0 Å². The van der Waals surface area contributed by atoms with E-state index in [0.29, 0.717) is 11.5 Å². The van der Waals surface area contributed by atoms with Gasteiger partial charge in [0.1, 0.15) is 6.10 Å². The zero-order chi connectivity index (χ0) is 16.2. The summed E-state index contributed by atoms with van der Waals surface area (Å²) in [6.07, 6.45) is 5.43. The highest BCUT2D eigenvalue weighted by Crippen LogP contribution is 2.39. The minimum Gasteiger partial charge on any atom is -0.293 e. The van der Waals surface area contributed by atoms with Crippen molar-refractivity contribution in [3.63, 3.8) is 0 Å². The van der Waals surface area contributed by atoms with Gasteiger partial charge in [0, 0.05) is 0 Å². The molecule has 0 aromatic heterocycles. The van der Waals surface area contributed by atoms with Crippen LogP contribution in [0.5, 0.6) is 0 Å². The van der Waals surface area contributed by atoms with Gasteiger partial charge in [-0.15, -0.1) is 0 Å². The van der Waals surface area contributed by atoms with Crippen LogP contribution in [0.4, 0.5) is 0 Å². The molecule has 0 N–H and O–H groups in total. The topological polar surface area (TPSA) is 35.5 Å². The highest BCUT2D eigenvalue weighted by Gasteiger charge is 2.36. The van der Waals surface area contributed by atoms with Crippen molar-refractivity contribution < 1.29 is 14.6 Å². The molecule has 2 rings (SSSR count). The monoisotopic (exact) mass is 304 g/mol. The molecule has 1 aliphatic rings. The van der Waals surface area contributed by atoms with Crippen LogP contribution >= 0.6 is 0 Å². The van der Waals surface area contributed by atoms with E-state index in [-0.39, 0.29) is 11.5 Å². The largest absolute Gasteiger partial charge is 0.373 e. The van der Waals surface area contributed by atoms with Gasteiger partial charge in [-0.3, -0.25) is 4.89 Å². The second kappa shape index (κ2) is 7.28. The van der Waals surface area contributed by atoms with Crippen LogP contribution in [0.15, 0.2) is 24.3 Å². The molecule has 1 aromatic rings. The summed E-state index contributed by atoms with van der Waals surface area (Å²) >= 11 is 0. The molecule has 1 aromatic carbocycles. The predicted octanol–water partition coefficient (Wildman–Crippen LogP) is 4.94. The summed E-state index contributed by atoms with van der Waals surface area (Å²) in [5, 5.41) is 0. The van der Waals surface area contributed by atoms with Crippen LogP contribution in [0.25, 0.3) is 0 Å². The van der Waals surface area contributed by atoms with Crippen molar-refractivity contribution in [1.82, 2.24) is 0 Å². The Balaban J connectivity index is 1.93. The van der Waals surface area contributed by atoms with Crippen LogP contribution in [0.2, 0.25) is 0 Å².